The summed E-state index contributed by atoms with van der Waals surface area (Å²) in [7, 11) is 4.03. The first-order chi connectivity index (χ1) is 16.0. The van der Waals surface area contributed by atoms with Crippen molar-refractivity contribution >= 4 is 17.5 Å². The lowest BCUT2D eigenvalue weighted by molar-refractivity contribution is -0.139. The predicted octanol–water partition coefficient (Wildman–Crippen LogP) is 2.26. The molecule has 0 aromatic heterocycles. The van der Waals surface area contributed by atoms with Crippen LogP contribution >= 0.6 is 0 Å². The van der Waals surface area contributed by atoms with E-state index in [0.717, 1.165) is 50.2 Å². The van der Waals surface area contributed by atoms with Crippen LogP contribution < -0.4 is 15.5 Å². The summed E-state index contributed by atoms with van der Waals surface area (Å²) in [5.41, 5.74) is 4.95. The monoisotopic (exact) mass is 450 g/mol. The molecule has 0 bridgehead atoms. The molecule has 33 heavy (non-hydrogen) atoms. The van der Waals surface area contributed by atoms with Gasteiger partial charge in [-0.3, -0.25) is 14.5 Å². The molecule has 2 aliphatic heterocycles. The normalized spacial score (nSPS) is 18.9. The van der Waals surface area contributed by atoms with Crippen molar-refractivity contribution in [3.05, 3.63) is 65.2 Å². The lowest BCUT2D eigenvalue weighted by Gasteiger charge is -2.36. The van der Waals surface area contributed by atoms with Crippen LogP contribution in [0.25, 0.3) is 0 Å². The summed E-state index contributed by atoms with van der Waals surface area (Å²) >= 11 is 0. The van der Waals surface area contributed by atoms with Gasteiger partial charge in [0.05, 0.1) is 12.1 Å². The van der Waals surface area contributed by atoms with Gasteiger partial charge in [0.25, 0.3) is 0 Å². The molecule has 2 aromatic rings. The molecule has 0 aliphatic carbocycles. The Bertz CT molecular complexity index is 954. The lowest BCUT2D eigenvalue weighted by Crippen LogP contribution is -2.46. The average molecular weight is 451 g/mol. The molecule has 176 valence electrons. The third-order valence-electron chi connectivity index (χ3n) is 6.57. The summed E-state index contributed by atoms with van der Waals surface area (Å²) in [4.78, 5) is 29.3. The van der Waals surface area contributed by atoms with E-state index in [9.17, 15) is 9.59 Å². The number of nitrogens with one attached hydrogen (secondary N) is 2. The number of amides is 2. The van der Waals surface area contributed by atoms with E-state index in [0.29, 0.717) is 13.1 Å². The molecule has 1 saturated heterocycles. The van der Waals surface area contributed by atoms with E-state index in [1.807, 2.05) is 14.1 Å². The first-order valence-electron chi connectivity index (χ1n) is 11.8. The number of ether oxygens (including phenoxy) is 1. The summed E-state index contributed by atoms with van der Waals surface area (Å²) in [5, 5.41) is 5.58. The molecule has 4 rings (SSSR count). The fraction of sp³-hybridized carbons (Fsp3) is 0.462. The van der Waals surface area contributed by atoms with Crippen LogP contribution in [-0.2, 0) is 27.3 Å². The number of hydrogen-bond donors (Lipinski definition) is 2. The van der Waals surface area contributed by atoms with Crippen molar-refractivity contribution in [1.29, 1.82) is 0 Å². The first-order valence-corrected chi connectivity index (χ1v) is 11.8. The molecule has 2 aromatic carbocycles. The van der Waals surface area contributed by atoms with Crippen LogP contribution in [0.1, 0.15) is 35.6 Å². The molecule has 0 saturated carbocycles. The van der Waals surface area contributed by atoms with Crippen LogP contribution in [0.5, 0.6) is 0 Å². The Morgan fingerprint density at radius 3 is 2.48 bits per heavy atom. The molecule has 2 atom stereocenters. The van der Waals surface area contributed by atoms with Crippen LogP contribution in [0.4, 0.5) is 5.69 Å². The highest BCUT2D eigenvalue weighted by molar-refractivity contribution is 6.35. The van der Waals surface area contributed by atoms with Crippen molar-refractivity contribution in [3.8, 4) is 0 Å². The summed E-state index contributed by atoms with van der Waals surface area (Å²) in [6.07, 6.45) is 2.90. The van der Waals surface area contributed by atoms with Crippen molar-refractivity contribution in [1.82, 2.24) is 15.5 Å². The van der Waals surface area contributed by atoms with Gasteiger partial charge in [0.1, 0.15) is 0 Å². The third-order valence-corrected chi connectivity index (χ3v) is 6.57. The van der Waals surface area contributed by atoms with Gasteiger partial charge in [0, 0.05) is 52.6 Å². The van der Waals surface area contributed by atoms with Gasteiger partial charge in [-0.25, -0.2) is 0 Å². The number of rotatable bonds is 7. The third kappa shape index (κ3) is 5.92. The zero-order valence-electron chi connectivity index (χ0n) is 19.5. The zero-order chi connectivity index (χ0) is 23.2. The quantitative estimate of drug-likeness (QED) is 0.633. The Morgan fingerprint density at radius 1 is 1.06 bits per heavy atom. The van der Waals surface area contributed by atoms with Crippen LogP contribution in [0, 0.1) is 0 Å². The van der Waals surface area contributed by atoms with Crippen LogP contribution in [0.2, 0.25) is 0 Å². The standard InChI is InChI=1S/C26H34N4O3/c1-29(2)22-11-9-20(10-12-22)24(30-14-13-19-6-3-4-7-21(19)18-30)17-28-26(32)25(31)27-16-23-8-5-15-33-23/h3-4,6-7,9-12,23-24H,5,8,13-18H2,1-2H3,(H,27,31)(H,28,32). The molecule has 2 amide bonds. The second-order valence-electron chi connectivity index (χ2n) is 9.05. The van der Waals surface area contributed by atoms with Crippen LogP contribution in [0.15, 0.2) is 48.5 Å². The van der Waals surface area contributed by atoms with E-state index >= 15 is 0 Å². The Kier molecular flexibility index (Phi) is 7.62. The van der Waals surface area contributed by atoms with Crippen molar-refractivity contribution in [2.75, 3.05) is 45.2 Å². The summed E-state index contributed by atoms with van der Waals surface area (Å²) in [6, 6.07) is 16.9. The first kappa shape index (κ1) is 23.3. The molecular formula is C26H34N4O3. The Hall–Kier alpha value is -2.90. The smallest absolute Gasteiger partial charge is 0.309 e. The van der Waals surface area contributed by atoms with E-state index in [-0.39, 0.29) is 12.1 Å². The van der Waals surface area contributed by atoms with E-state index in [1.165, 1.54) is 11.1 Å². The van der Waals surface area contributed by atoms with E-state index in [4.69, 9.17) is 4.74 Å². The van der Waals surface area contributed by atoms with Crippen molar-refractivity contribution < 1.29 is 14.3 Å². The zero-order valence-corrected chi connectivity index (χ0v) is 19.5. The second-order valence-corrected chi connectivity index (χ2v) is 9.05. The van der Waals surface area contributed by atoms with E-state index in [2.05, 4.69) is 69.0 Å². The number of carbonyl (C=O) groups excluding carboxylic acids is 2. The molecule has 0 radical (unpaired) electrons. The number of benzene rings is 2. The van der Waals surface area contributed by atoms with Gasteiger partial charge in [0.2, 0.25) is 0 Å². The summed E-state index contributed by atoms with van der Waals surface area (Å²) in [6.45, 7) is 3.19. The predicted molar refractivity (Wildman–Crippen MR) is 129 cm³/mol. The molecule has 7 heteroatoms. The van der Waals surface area contributed by atoms with Gasteiger partial charge in [-0.15, -0.1) is 0 Å². The Labute approximate surface area is 196 Å². The number of anilines is 1. The minimum absolute atomic E-state index is 0.0122. The average Bonchev–Trinajstić information content (AvgIpc) is 3.36. The maximum absolute atomic E-state index is 12.5. The molecule has 0 spiro atoms. The van der Waals surface area contributed by atoms with Gasteiger partial charge < -0.3 is 20.3 Å². The molecule has 2 heterocycles. The number of carbonyl (C=O) groups is 2. The minimum Gasteiger partial charge on any atom is -0.378 e. The molecular weight excluding hydrogens is 416 g/mol. The van der Waals surface area contributed by atoms with Gasteiger partial charge in [-0.1, -0.05) is 36.4 Å². The van der Waals surface area contributed by atoms with Crippen molar-refractivity contribution in [2.45, 2.75) is 38.0 Å². The van der Waals surface area contributed by atoms with Crippen molar-refractivity contribution in [2.24, 2.45) is 0 Å². The highest BCUT2D eigenvalue weighted by Crippen LogP contribution is 2.28. The van der Waals surface area contributed by atoms with Crippen LogP contribution in [-0.4, -0.2) is 63.2 Å². The summed E-state index contributed by atoms with van der Waals surface area (Å²) < 4.78 is 5.52. The second kappa shape index (κ2) is 10.8. The molecule has 2 unspecified atom stereocenters. The number of nitrogens with zero attached hydrogens (tertiary/aromatic N) is 2. The molecule has 2 aliphatic rings. The summed E-state index contributed by atoms with van der Waals surface area (Å²) in [5.74, 6) is -1.20. The van der Waals surface area contributed by atoms with Gasteiger partial charge >= 0.3 is 11.8 Å². The SMILES string of the molecule is CN(C)c1ccc(C(CNC(=O)C(=O)NCC2CCCO2)N2CCc3ccccc3C2)cc1. The number of fused-ring (bicyclic) bond motifs is 1. The van der Waals surface area contributed by atoms with Gasteiger partial charge in [0.15, 0.2) is 0 Å². The molecule has 1 fully saturated rings. The van der Waals surface area contributed by atoms with Gasteiger partial charge in [-0.2, -0.15) is 0 Å². The topological polar surface area (TPSA) is 73.9 Å². The van der Waals surface area contributed by atoms with Crippen LogP contribution in [0.3, 0.4) is 0 Å². The number of hydrogen-bond acceptors (Lipinski definition) is 5. The molecule has 7 nitrogen and oxygen atoms in total. The molecule has 2 N–H and O–H groups in total. The fourth-order valence-corrected chi connectivity index (χ4v) is 4.60. The maximum atomic E-state index is 12.5. The fourth-order valence-electron chi connectivity index (χ4n) is 4.60. The largest absolute Gasteiger partial charge is 0.378 e. The maximum Gasteiger partial charge on any atom is 0.309 e. The van der Waals surface area contributed by atoms with E-state index < -0.39 is 11.8 Å². The van der Waals surface area contributed by atoms with Crippen molar-refractivity contribution in [3.63, 3.8) is 0 Å². The Balaban J connectivity index is 1.43. The van der Waals surface area contributed by atoms with Gasteiger partial charge in [-0.05, 0) is 48.1 Å². The highest BCUT2D eigenvalue weighted by Gasteiger charge is 2.26. The van der Waals surface area contributed by atoms with E-state index in [1.54, 1.807) is 0 Å². The minimum atomic E-state index is -0.601. The highest BCUT2D eigenvalue weighted by atomic mass is 16.5. The Morgan fingerprint density at radius 2 is 1.79 bits per heavy atom. The lowest BCUT2D eigenvalue weighted by atomic mass is 9.96.